The highest BCUT2D eigenvalue weighted by atomic mass is 32.1. The molecule has 3 aromatic rings. The van der Waals surface area contributed by atoms with Crippen LogP contribution >= 0.6 is 11.3 Å². The number of thiophene rings is 1. The number of nitrogens with one attached hydrogen (secondary N) is 1. The average Bonchev–Trinajstić information content (AvgIpc) is 3.35. The highest BCUT2D eigenvalue weighted by Crippen LogP contribution is 2.44. The van der Waals surface area contributed by atoms with Crippen molar-refractivity contribution in [2.24, 2.45) is 0 Å². The van der Waals surface area contributed by atoms with Crippen molar-refractivity contribution in [3.8, 4) is 0 Å². The number of benzene rings is 1. The van der Waals surface area contributed by atoms with E-state index in [1.165, 1.54) is 10.4 Å². The van der Waals surface area contributed by atoms with E-state index in [4.69, 9.17) is 9.37 Å². The van der Waals surface area contributed by atoms with Crippen LogP contribution in [-0.2, 0) is 23.3 Å². The maximum absolute atomic E-state index is 13.1. The summed E-state index contributed by atoms with van der Waals surface area (Å²) in [5.41, 5.74) is 3.50. The molecular weight excluding hydrogens is 376 g/mol. The maximum atomic E-state index is 13.1. The second kappa shape index (κ2) is 6.95. The molecule has 0 radical (unpaired) electrons. The Balaban J connectivity index is 1.37. The molecule has 0 atom stereocenters. The van der Waals surface area contributed by atoms with E-state index < -0.39 is 0 Å². The number of amides is 1. The van der Waals surface area contributed by atoms with Crippen LogP contribution in [0.15, 0.2) is 28.9 Å². The number of hydrogen-bond acceptors (Lipinski definition) is 7. The fraction of sp³-hybridized carbons (Fsp3) is 0.450. The van der Waals surface area contributed by atoms with Gasteiger partial charge in [-0.15, -0.1) is 11.3 Å². The van der Waals surface area contributed by atoms with E-state index in [-0.39, 0.29) is 11.5 Å². The largest absolute Gasteiger partial charge is 0.369 e. The molecule has 1 fully saturated rings. The van der Waals surface area contributed by atoms with Gasteiger partial charge in [0.05, 0.1) is 11.5 Å². The zero-order valence-corrected chi connectivity index (χ0v) is 16.6. The standard InChI is InChI=1S/C20H22N4O3S/c1-24(12-13-2-3-15-16(10-13)23-27-22-15)19(25)17-11-14-4-9-26-20(18(14)28-17)5-7-21-8-6-20/h2-3,10-11,21H,4-9,12H2,1H3. The van der Waals surface area contributed by atoms with Crippen LogP contribution in [0.25, 0.3) is 11.0 Å². The summed E-state index contributed by atoms with van der Waals surface area (Å²) in [4.78, 5) is 16.9. The molecule has 8 heteroatoms. The smallest absolute Gasteiger partial charge is 0.263 e. The third-order valence-electron chi connectivity index (χ3n) is 5.68. The van der Waals surface area contributed by atoms with E-state index in [9.17, 15) is 4.79 Å². The monoisotopic (exact) mass is 398 g/mol. The van der Waals surface area contributed by atoms with Crippen LogP contribution in [0.1, 0.15) is 38.5 Å². The van der Waals surface area contributed by atoms with Crippen molar-refractivity contribution in [2.75, 3.05) is 26.7 Å². The molecule has 1 amide bonds. The number of carbonyl (C=O) groups excluding carboxylic acids is 1. The Morgan fingerprint density at radius 3 is 2.93 bits per heavy atom. The summed E-state index contributed by atoms with van der Waals surface area (Å²) in [5, 5.41) is 11.1. The van der Waals surface area contributed by atoms with Crippen LogP contribution in [0.3, 0.4) is 0 Å². The van der Waals surface area contributed by atoms with Crippen molar-refractivity contribution in [1.29, 1.82) is 0 Å². The Hall–Kier alpha value is -2.29. The molecule has 0 saturated carbocycles. The van der Waals surface area contributed by atoms with Gasteiger partial charge in [0.25, 0.3) is 5.91 Å². The lowest BCUT2D eigenvalue weighted by atomic mass is 9.86. The van der Waals surface area contributed by atoms with E-state index in [0.29, 0.717) is 12.1 Å². The van der Waals surface area contributed by atoms with E-state index >= 15 is 0 Å². The predicted octanol–water partition coefficient (Wildman–Crippen LogP) is 2.71. The first-order valence-electron chi connectivity index (χ1n) is 9.59. The SMILES string of the molecule is CN(Cc1ccc2nonc2c1)C(=O)c1cc2c(s1)C1(CCNCC1)OCC2. The minimum atomic E-state index is -0.203. The molecule has 146 valence electrons. The number of piperidine rings is 1. The summed E-state index contributed by atoms with van der Waals surface area (Å²) in [6.45, 7) is 3.16. The highest BCUT2D eigenvalue weighted by Gasteiger charge is 2.41. The van der Waals surface area contributed by atoms with Crippen molar-refractivity contribution < 1.29 is 14.2 Å². The highest BCUT2D eigenvalue weighted by molar-refractivity contribution is 7.14. The fourth-order valence-electron chi connectivity index (χ4n) is 4.19. The fourth-order valence-corrected chi connectivity index (χ4v) is 5.59. The van der Waals surface area contributed by atoms with Gasteiger partial charge in [-0.05, 0) is 72.0 Å². The molecule has 0 unspecified atom stereocenters. The number of aromatic nitrogens is 2. The number of rotatable bonds is 3. The Bertz CT molecular complexity index is 1020. The molecule has 0 aliphatic carbocycles. The quantitative estimate of drug-likeness (QED) is 0.731. The molecule has 7 nitrogen and oxygen atoms in total. The van der Waals surface area contributed by atoms with Gasteiger partial charge in [-0.25, -0.2) is 4.63 Å². The van der Waals surface area contributed by atoms with Crippen molar-refractivity contribution >= 4 is 28.3 Å². The first-order chi connectivity index (χ1) is 13.6. The minimum absolute atomic E-state index is 0.0434. The third-order valence-corrected chi connectivity index (χ3v) is 7.03. The van der Waals surface area contributed by atoms with Gasteiger partial charge in [-0.2, -0.15) is 0 Å². The van der Waals surface area contributed by atoms with E-state index in [1.807, 2.05) is 25.2 Å². The predicted molar refractivity (Wildman–Crippen MR) is 105 cm³/mol. The van der Waals surface area contributed by atoms with Crippen LogP contribution in [0.5, 0.6) is 0 Å². The zero-order valence-electron chi connectivity index (χ0n) is 15.7. The molecule has 28 heavy (non-hydrogen) atoms. The van der Waals surface area contributed by atoms with Gasteiger partial charge in [0, 0.05) is 18.5 Å². The van der Waals surface area contributed by atoms with Gasteiger partial charge >= 0.3 is 0 Å². The van der Waals surface area contributed by atoms with Gasteiger partial charge in [-0.3, -0.25) is 4.79 Å². The van der Waals surface area contributed by atoms with E-state index in [2.05, 4.69) is 21.7 Å². The lowest BCUT2D eigenvalue weighted by Crippen LogP contribution is -2.43. The molecule has 2 aromatic heterocycles. The Morgan fingerprint density at radius 1 is 1.25 bits per heavy atom. The number of hydrogen-bond donors (Lipinski definition) is 1. The topological polar surface area (TPSA) is 80.5 Å². The molecule has 1 spiro atoms. The van der Waals surface area contributed by atoms with Gasteiger partial charge in [0.15, 0.2) is 0 Å². The van der Waals surface area contributed by atoms with Gasteiger partial charge < -0.3 is 15.0 Å². The molecule has 2 aliphatic rings. The summed E-state index contributed by atoms with van der Waals surface area (Å²) in [7, 11) is 1.84. The molecule has 0 bridgehead atoms. The van der Waals surface area contributed by atoms with E-state index in [0.717, 1.165) is 54.9 Å². The van der Waals surface area contributed by atoms with Crippen LogP contribution in [0, 0.1) is 0 Å². The number of carbonyl (C=O) groups is 1. The van der Waals surface area contributed by atoms with Gasteiger partial charge in [0.1, 0.15) is 16.6 Å². The number of nitrogens with zero attached hydrogens (tertiary/aromatic N) is 3. The van der Waals surface area contributed by atoms with Crippen molar-refractivity contribution in [3.63, 3.8) is 0 Å². The first kappa shape index (κ1) is 17.8. The molecular formula is C20H22N4O3S. The second-order valence-electron chi connectivity index (χ2n) is 7.56. The lowest BCUT2D eigenvalue weighted by molar-refractivity contribution is -0.0771. The third kappa shape index (κ3) is 3.01. The Kier molecular flexibility index (Phi) is 4.41. The number of fused-ring (bicyclic) bond motifs is 3. The van der Waals surface area contributed by atoms with Crippen molar-refractivity contribution in [1.82, 2.24) is 20.5 Å². The first-order valence-corrected chi connectivity index (χ1v) is 10.4. The summed E-state index contributed by atoms with van der Waals surface area (Å²) < 4.78 is 11.0. The number of ether oxygens (including phenoxy) is 1. The summed E-state index contributed by atoms with van der Waals surface area (Å²) >= 11 is 1.61. The van der Waals surface area contributed by atoms with Crippen LogP contribution in [0.4, 0.5) is 0 Å². The maximum Gasteiger partial charge on any atom is 0.263 e. The lowest BCUT2D eigenvalue weighted by Gasteiger charge is -2.40. The van der Waals surface area contributed by atoms with Gasteiger partial charge in [-0.1, -0.05) is 6.07 Å². The van der Waals surface area contributed by atoms with E-state index in [1.54, 1.807) is 16.2 Å². The van der Waals surface area contributed by atoms with Crippen molar-refractivity contribution in [3.05, 3.63) is 45.1 Å². The van der Waals surface area contributed by atoms with Crippen LogP contribution < -0.4 is 5.32 Å². The summed E-state index contributed by atoms with van der Waals surface area (Å²) in [6.07, 6.45) is 2.82. The molecule has 1 N–H and O–H groups in total. The Labute approximate surface area is 166 Å². The summed E-state index contributed by atoms with van der Waals surface area (Å²) in [6, 6.07) is 7.80. The van der Waals surface area contributed by atoms with Crippen molar-refractivity contribution in [2.45, 2.75) is 31.4 Å². The second-order valence-corrected chi connectivity index (χ2v) is 8.61. The van der Waals surface area contributed by atoms with Crippen LogP contribution in [0.2, 0.25) is 0 Å². The zero-order chi connectivity index (χ0) is 19.1. The normalized spacial score (nSPS) is 18.3. The molecule has 1 saturated heterocycles. The summed E-state index contributed by atoms with van der Waals surface area (Å²) in [5.74, 6) is 0.0434. The Morgan fingerprint density at radius 2 is 2.07 bits per heavy atom. The molecule has 2 aliphatic heterocycles. The van der Waals surface area contributed by atoms with Gasteiger partial charge in [0.2, 0.25) is 0 Å². The molecule has 5 rings (SSSR count). The van der Waals surface area contributed by atoms with Crippen LogP contribution in [-0.4, -0.2) is 47.9 Å². The molecule has 1 aromatic carbocycles. The molecule has 4 heterocycles. The average molecular weight is 398 g/mol. The minimum Gasteiger partial charge on any atom is -0.369 e.